The highest BCUT2D eigenvalue weighted by Crippen LogP contribution is 2.24. The number of aromatic nitrogens is 1. The molecule has 0 saturated carbocycles. The molecule has 8 heteroatoms. The normalized spacial score (nSPS) is 15.1. The van der Waals surface area contributed by atoms with Crippen molar-refractivity contribution in [2.45, 2.75) is 25.9 Å². The van der Waals surface area contributed by atoms with E-state index in [1.54, 1.807) is 24.4 Å². The number of pyridine rings is 1. The van der Waals surface area contributed by atoms with Crippen LogP contribution < -0.4 is 10.9 Å². The summed E-state index contributed by atoms with van der Waals surface area (Å²) in [4.78, 5) is 18.4. The summed E-state index contributed by atoms with van der Waals surface area (Å²) in [5, 5.41) is 7.91. The molecule has 0 atom stereocenters. The largest absolute Gasteiger partial charge is 0.392 e. The van der Waals surface area contributed by atoms with Gasteiger partial charge < -0.3 is 10.2 Å². The van der Waals surface area contributed by atoms with Gasteiger partial charge in [-0.1, -0.05) is 28.9 Å². The van der Waals surface area contributed by atoms with Crippen molar-refractivity contribution < 1.29 is 13.6 Å². The lowest BCUT2D eigenvalue weighted by Crippen LogP contribution is -2.31. The summed E-state index contributed by atoms with van der Waals surface area (Å²) in [6.45, 7) is 3.45. The van der Waals surface area contributed by atoms with E-state index in [0.717, 1.165) is 43.6 Å². The molecule has 2 aromatic carbocycles. The lowest BCUT2D eigenvalue weighted by atomic mass is 10.0. The maximum atomic E-state index is 14.7. The van der Waals surface area contributed by atoms with Crippen LogP contribution in [0.15, 0.2) is 64.7 Å². The molecule has 1 aromatic heterocycles. The topological polar surface area (TPSA) is 55.6 Å². The van der Waals surface area contributed by atoms with Crippen LogP contribution >= 0.6 is 11.6 Å². The Morgan fingerprint density at radius 3 is 2.66 bits per heavy atom. The fourth-order valence-electron chi connectivity index (χ4n) is 3.70. The summed E-state index contributed by atoms with van der Waals surface area (Å²) in [7, 11) is 0. The molecule has 0 bridgehead atoms. The maximum absolute atomic E-state index is 14.7. The minimum Gasteiger partial charge on any atom is -0.392 e. The van der Waals surface area contributed by atoms with Crippen LogP contribution in [0.3, 0.4) is 0 Å². The molecule has 0 aliphatic carbocycles. The molecule has 4 rings (SSSR count). The zero-order valence-corrected chi connectivity index (χ0v) is 18.2. The average molecular weight is 458 g/mol. The summed E-state index contributed by atoms with van der Waals surface area (Å²) in [6, 6.07) is 11.5. The minimum absolute atomic E-state index is 0.0708. The Morgan fingerprint density at radius 1 is 1.16 bits per heavy atom. The van der Waals surface area contributed by atoms with E-state index in [1.165, 1.54) is 16.7 Å². The summed E-state index contributed by atoms with van der Waals surface area (Å²) in [6.07, 6.45) is 2.96. The number of hydrogen-bond acceptors (Lipinski definition) is 4. The molecule has 0 spiro atoms. The Kier molecular flexibility index (Phi) is 6.67. The van der Waals surface area contributed by atoms with Crippen LogP contribution in [0.4, 0.5) is 8.78 Å². The van der Waals surface area contributed by atoms with Gasteiger partial charge in [-0.2, -0.15) is 0 Å². The molecule has 1 N–H and O–H groups in total. The van der Waals surface area contributed by atoms with Crippen LogP contribution in [0.2, 0.25) is 5.02 Å². The highest BCUT2D eigenvalue weighted by atomic mass is 35.5. The number of nitrogens with one attached hydrogen (secondary N) is 1. The van der Waals surface area contributed by atoms with Gasteiger partial charge in [0.2, 0.25) is 0 Å². The van der Waals surface area contributed by atoms with Crippen molar-refractivity contribution in [3.8, 4) is 5.69 Å². The van der Waals surface area contributed by atoms with Crippen molar-refractivity contribution in [1.82, 2.24) is 9.88 Å². The van der Waals surface area contributed by atoms with Crippen molar-refractivity contribution in [2.75, 3.05) is 13.1 Å². The summed E-state index contributed by atoms with van der Waals surface area (Å²) in [5.41, 5.74) is 1.70. The van der Waals surface area contributed by atoms with E-state index in [1.807, 2.05) is 13.0 Å². The van der Waals surface area contributed by atoms with Gasteiger partial charge in [-0.05, 0) is 62.7 Å². The van der Waals surface area contributed by atoms with Gasteiger partial charge in [-0.25, -0.2) is 8.78 Å². The van der Waals surface area contributed by atoms with Gasteiger partial charge >= 0.3 is 0 Å². The Morgan fingerprint density at radius 2 is 1.94 bits per heavy atom. The van der Waals surface area contributed by atoms with Gasteiger partial charge in [0.15, 0.2) is 0 Å². The molecule has 0 amide bonds. The Bertz CT molecular complexity index is 1200. The predicted octanol–water partition coefficient (Wildman–Crippen LogP) is 4.60. The number of benzene rings is 2. The van der Waals surface area contributed by atoms with E-state index in [9.17, 15) is 13.6 Å². The second-order valence-corrected chi connectivity index (χ2v) is 8.06. The van der Waals surface area contributed by atoms with Crippen molar-refractivity contribution in [3.05, 3.63) is 98.4 Å². The monoisotopic (exact) mass is 457 g/mol. The van der Waals surface area contributed by atoms with Crippen molar-refractivity contribution in [2.24, 2.45) is 5.16 Å². The van der Waals surface area contributed by atoms with E-state index in [0.29, 0.717) is 16.3 Å². The number of hydrogen-bond donors (Lipinski definition) is 1. The third-order valence-corrected chi connectivity index (χ3v) is 5.68. The lowest BCUT2D eigenvalue weighted by Gasteiger charge is -2.21. The Hall–Kier alpha value is -3.03. The second kappa shape index (κ2) is 9.63. The first kappa shape index (κ1) is 22.2. The standard InChI is InChI=1S/C24H22ClF2N3O2/c1-15-3-2-4-20(25)24(15)30-14-16(5-8-22(30)31)23(19-7-6-17(26)13-21(19)27)29-32-18-9-11-28-12-10-18/h2-8,13-14,18,28H,9-12H2,1H3/b29-23-. The van der Waals surface area contributed by atoms with Crippen molar-refractivity contribution in [1.29, 1.82) is 0 Å². The molecular formula is C24H22ClF2N3O2. The van der Waals surface area contributed by atoms with Crippen molar-refractivity contribution in [3.63, 3.8) is 0 Å². The van der Waals surface area contributed by atoms with Crippen LogP contribution in [-0.2, 0) is 4.84 Å². The molecule has 32 heavy (non-hydrogen) atoms. The van der Waals surface area contributed by atoms with Crippen LogP contribution in [0.5, 0.6) is 0 Å². The van der Waals surface area contributed by atoms with Gasteiger partial charge in [-0.3, -0.25) is 9.36 Å². The third-order valence-electron chi connectivity index (χ3n) is 5.38. The third kappa shape index (κ3) is 4.74. The molecule has 3 aromatic rings. The highest BCUT2D eigenvalue weighted by Gasteiger charge is 2.19. The van der Waals surface area contributed by atoms with E-state index < -0.39 is 11.6 Å². The summed E-state index contributed by atoms with van der Waals surface area (Å²) >= 11 is 6.37. The Balaban J connectivity index is 1.83. The van der Waals surface area contributed by atoms with Gasteiger partial charge in [0, 0.05) is 29.5 Å². The van der Waals surface area contributed by atoms with Crippen LogP contribution in [-0.4, -0.2) is 29.5 Å². The molecule has 5 nitrogen and oxygen atoms in total. The summed E-state index contributed by atoms with van der Waals surface area (Å²) in [5.74, 6) is -1.47. The average Bonchev–Trinajstić information content (AvgIpc) is 2.77. The fraction of sp³-hybridized carbons (Fsp3) is 0.250. The summed E-state index contributed by atoms with van der Waals surface area (Å²) < 4.78 is 29.6. The molecule has 1 aliphatic rings. The zero-order chi connectivity index (χ0) is 22.7. The van der Waals surface area contributed by atoms with Crippen LogP contribution in [0.25, 0.3) is 5.69 Å². The quantitative estimate of drug-likeness (QED) is 0.450. The first-order valence-corrected chi connectivity index (χ1v) is 10.7. The Labute approximate surface area is 189 Å². The number of oxime groups is 1. The molecule has 2 heterocycles. The van der Waals surface area contributed by atoms with Crippen LogP contribution in [0.1, 0.15) is 29.5 Å². The van der Waals surface area contributed by atoms with E-state index in [2.05, 4.69) is 10.5 Å². The molecule has 166 valence electrons. The van der Waals surface area contributed by atoms with E-state index in [4.69, 9.17) is 16.4 Å². The molecule has 0 radical (unpaired) electrons. The lowest BCUT2D eigenvalue weighted by molar-refractivity contribution is 0.0378. The molecule has 1 fully saturated rings. The number of halogens is 3. The zero-order valence-electron chi connectivity index (χ0n) is 17.4. The number of para-hydroxylation sites is 1. The predicted molar refractivity (Wildman–Crippen MR) is 121 cm³/mol. The van der Waals surface area contributed by atoms with Crippen LogP contribution in [0, 0.1) is 18.6 Å². The number of aryl methyl sites for hydroxylation is 1. The number of piperidine rings is 1. The first-order chi connectivity index (χ1) is 15.4. The van der Waals surface area contributed by atoms with E-state index >= 15 is 0 Å². The molecule has 1 aliphatic heterocycles. The van der Waals surface area contributed by atoms with Gasteiger partial charge in [0.25, 0.3) is 5.56 Å². The highest BCUT2D eigenvalue weighted by molar-refractivity contribution is 6.32. The smallest absolute Gasteiger partial charge is 0.255 e. The van der Waals surface area contributed by atoms with Gasteiger partial charge in [0.05, 0.1) is 10.7 Å². The van der Waals surface area contributed by atoms with Gasteiger partial charge in [0.1, 0.15) is 23.5 Å². The van der Waals surface area contributed by atoms with Gasteiger partial charge in [-0.15, -0.1) is 0 Å². The first-order valence-electron chi connectivity index (χ1n) is 10.3. The molecule has 0 unspecified atom stereocenters. The second-order valence-electron chi connectivity index (χ2n) is 7.65. The number of nitrogens with zero attached hydrogens (tertiary/aromatic N) is 2. The van der Waals surface area contributed by atoms with E-state index in [-0.39, 0.29) is 22.9 Å². The minimum atomic E-state index is -0.774. The van der Waals surface area contributed by atoms with Crippen molar-refractivity contribution >= 4 is 17.3 Å². The molecular weight excluding hydrogens is 436 g/mol. The molecule has 1 saturated heterocycles. The maximum Gasteiger partial charge on any atom is 0.255 e. The SMILES string of the molecule is Cc1cccc(Cl)c1-n1cc(/C(=N/OC2CCNCC2)c2ccc(F)cc2F)ccc1=O. The fourth-order valence-corrected chi connectivity index (χ4v) is 4.01. The number of rotatable bonds is 5.